The van der Waals surface area contributed by atoms with Crippen molar-refractivity contribution in [2.24, 2.45) is 0 Å². The minimum atomic E-state index is -0.738. The van der Waals surface area contributed by atoms with Gasteiger partial charge in [0.1, 0.15) is 12.4 Å². The Morgan fingerprint density at radius 1 is 1.25 bits per heavy atom. The average molecular weight is 285 g/mol. The van der Waals surface area contributed by atoms with E-state index in [0.29, 0.717) is 24.5 Å². The molecule has 6 heteroatoms. The first-order chi connectivity index (χ1) is 9.56. The Kier molecular flexibility index (Phi) is 6.97. The molecule has 2 N–H and O–H groups in total. The zero-order chi connectivity index (χ0) is 15.0. The van der Waals surface area contributed by atoms with Crippen molar-refractivity contribution in [2.75, 3.05) is 39.3 Å². The van der Waals surface area contributed by atoms with E-state index >= 15 is 0 Å². The Labute approximate surface area is 117 Å². The lowest BCUT2D eigenvalue weighted by Crippen LogP contribution is -2.14. The molecule has 5 nitrogen and oxygen atoms in total. The van der Waals surface area contributed by atoms with Crippen molar-refractivity contribution in [1.29, 1.82) is 0 Å². The van der Waals surface area contributed by atoms with E-state index in [-0.39, 0.29) is 18.8 Å². The normalized spacial score (nSPS) is 10.6. The molecule has 0 aliphatic rings. The van der Waals surface area contributed by atoms with Gasteiger partial charge >= 0.3 is 5.97 Å². The number of nitrogen functional groups attached to an aromatic ring is 1. The van der Waals surface area contributed by atoms with Crippen LogP contribution in [0.5, 0.6) is 0 Å². The van der Waals surface area contributed by atoms with Gasteiger partial charge in [0.15, 0.2) is 0 Å². The van der Waals surface area contributed by atoms with Crippen molar-refractivity contribution >= 4 is 11.7 Å². The lowest BCUT2D eigenvalue weighted by molar-refractivity contribution is 0.0284. The van der Waals surface area contributed by atoms with Crippen LogP contribution in [-0.4, -0.2) is 39.5 Å². The fourth-order valence-electron chi connectivity index (χ4n) is 1.62. The summed E-state index contributed by atoms with van der Waals surface area (Å²) in [6, 6.07) is 2.73. The van der Waals surface area contributed by atoms with Crippen molar-refractivity contribution in [2.45, 2.75) is 13.3 Å². The second-order valence-electron chi connectivity index (χ2n) is 4.29. The van der Waals surface area contributed by atoms with Crippen LogP contribution < -0.4 is 5.73 Å². The van der Waals surface area contributed by atoms with Crippen molar-refractivity contribution in [3.05, 3.63) is 29.1 Å². The minimum Gasteiger partial charge on any atom is -0.460 e. The van der Waals surface area contributed by atoms with Crippen LogP contribution in [0, 0.1) is 12.7 Å². The zero-order valence-corrected chi connectivity index (χ0v) is 11.8. The standard InChI is InChI=1S/C14H20FNO4/c1-10-8-11(16)9-12(13(10)15)14(17)20-7-6-19-5-3-4-18-2/h8-9H,3-7,16H2,1-2H3. The van der Waals surface area contributed by atoms with E-state index in [2.05, 4.69) is 0 Å². The van der Waals surface area contributed by atoms with Crippen molar-refractivity contribution in [1.82, 2.24) is 0 Å². The predicted molar refractivity (Wildman–Crippen MR) is 73.1 cm³/mol. The van der Waals surface area contributed by atoms with Gasteiger partial charge in [-0.3, -0.25) is 0 Å². The third-order valence-electron chi connectivity index (χ3n) is 2.59. The van der Waals surface area contributed by atoms with Crippen LogP contribution in [0.1, 0.15) is 22.3 Å². The first-order valence-electron chi connectivity index (χ1n) is 6.35. The van der Waals surface area contributed by atoms with Gasteiger partial charge in [-0.2, -0.15) is 0 Å². The van der Waals surface area contributed by atoms with Gasteiger partial charge in [-0.15, -0.1) is 0 Å². The highest BCUT2D eigenvalue weighted by atomic mass is 19.1. The summed E-state index contributed by atoms with van der Waals surface area (Å²) in [5.41, 5.74) is 6.07. The molecular weight excluding hydrogens is 265 g/mol. The number of ether oxygens (including phenoxy) is 3. The summed E-state index contributed by atoms with van der Waals surface area (Å²) in [6.07, 6.45) is 0.771. The molecule has 0 spiro atoms. The summed E-state index contributed by atoms with van der Waals surface area (Å²) in [5.74, 6) is -1.34. The SMILES string of the molecule is COCCCOCCOC(=O)c1cc(N)cc(C)c1F. The van der Waals surface area contributed by atoms with Crippen LogP contribution in [0.25, 0.3) is 0 Å². The Hall–Kier alpha value is -1.66. The molecule has 1 rings (SSSR count). The highest BCUT2D eigenvalue weighted by molar-refractivity contribution is 5.91. The molecule has 112 valence electrons. The van der Waals surface area contributed by atoms with Crippen LogP contribution in [-0.2, 0) is 14.2 Å². The van der Waals surface area contributed by atoms with Crippen LogP contribution in [0.2, 0.25) is 0 Å². The second kappa shape index (κ2) is 8.50. The summed E-state index contributed by atoms with van der Waals surface area (Å²) in [7, 11) is 1.61. The minimum absolute atomic E-state index is 0.0686. The third kappa shape index (κ3) is 5.14. The summed E-state index contributed by atoms with van der Waals surface area (Å²) in [5, 5.41) is 0. The van der Waals surface area contributed by atoms with E-state index in [1.807, 2.05) is 0 Å². The average Bonchev–Trinajstić information content (AvgIpc) is 2.41. The molecule has 0 radical (unpaired) electrons. The molecule has 1 aromatic carbocycles. The predicted octanol–water partition coefficient (Wildman–Crippen LogP) is 1.93. The molecule has 0 saturated heterocycles. The van der Waals surface area contributed by atoms with E-state index in [0.717, 1.165) is 6.42 Å². The fourth-order valence-corrected chi connectivity index (χ4v) is 1.62. The van der Waals surface area contributed by atoms with Crippen LogP contribution in [0.3, 0.4) is 0 Å². The number of hydrogen-bond donors (Lipinski definition) is 1. The molecule has 0 unspecified atom stereocenters. The molecule has 0 aromatic heterocycles. The number of esters is 1. The Balaban J connectivity index is 2.36. The van der Waals surface area contributed by atoms with Crippen molar-refractivity contribution in [3.63, 3.8) is 0 Å². The maximum absolute atomic E-state index is 13.7. The zero-order valence-electron chi connectivity index (χ0n) is 11.8. The number of hydrogen-bond acceptors (Lipinski definition) is 5. The Morgan fingerprint density at radius 2 is 2.00 bits per heavy atom. The van der Waals surface area contributed by atoms with Crippen LogP contribution in [0.4, 0.5) is 10.1 Å². The molecule has 0 aliphatic heterocycles. The van der Waals surface area contributed by atoms with E-state index < -0.39 is 11.8 Å². The number of benzene rings is 1. The summed E-state index contributed by atoms with van der Waals surface area (Å²) in [4.78, 5) is 11.7. The summed E-state index contributed by atoms with van der Waals surface area (Å²) < 4.78 is 28.8. The molecular formula is C14H20FNO4. The van der Waals surface area contributed by atoms with Crippen LogP contribution >= 0.6 is 0 Å². The van der Waals surface area contributed by atoms with E-state index in [1.165, 1.54) is 12.1 Å². The van der Waals surface area contributed by atoms with Crippen LogP contribution in [0.15, 0.2) is 12.1 Å². The lowest BCUT2D eigenvalue weighted by Gasteiger charge is -2.08. The van der Waals surface area contributed by atoms with Gasteiger partial charge in [0.2, 0.25) is 0 Å². The number of rotatable bonds is 8. The molecule has 0 aliphatic carbocycles. The molecule has 0 atom stereocenters. The smallest absolute Gasteiger partial charge is 0.341 e. The second-order valence-corrected chi connectivity index (χ2v) is 4.29. The molecule has 0 fully saturated rings. The number of aryl methyl sites for hydroxylation is 1. The van der Waals surface area contributed by atoms with Gasteiger partial charge in [-0.05, 0) is 31.0 Å². The van der Waals surface area contributed by atoms with Gasteiger partial charge in [-0.25, -0.2) is 9.18 Å². The van der Waals surface area contributed by atoms with Gasteiger partial charge in [0.25, 0.3) is 0 Å². The maximum atomic E-state index is 13.7. The molecule has 0 bridgehead atoms. The Morgan fingerprint density at radius 3 is 2.70 bits per heavy atom. The monoisotopic (exact) mass is 285 g/mol. The lowest BCUT2D eigenvalue weighted by atomic mass is 10.1. The highest BCUT2D eigenvalue weighted by Gasteiger charge is 2.15. The first-order valence-corrected chi connectivity index (χ1v) is 6.35. The third-order valence-corrected chi connectivity index (χ3v) is 2.59. The highest BCUT2D eigenvalue weighted by Crippen LogP contribution is 2.17. The molecule has 0 amide bonds. The van der Waals surface area contributed by atoms with Gasteiger partial charge in [0, 0.05) is 26.0 Å². The molecule has 1 aromatic rings. The number of anilines is 1. The van der Waals surface area contributed by atoms with E-state index in [9.17, 15) is 9.18 Å². The van der Waals surface area contributed by atoms with Crippen molar-refractivity contribution < 1.29 is 23.4 Å². The van der Waals surface area contributed by atoms with E-state index in [1.54, 1.807) is 14.0 Å². The summed E-state index contributed by atoms with van der Waals surface area (Å²) >= 11 is 0. The number of nitrogens with two attached hydrogens (primary N) is 1. The molecule has 20 heavy (non-hydrogen) atoms. The number of halogens is 1. The quantitative estimate of drug-likeness (QED) is 0.449. The topological polar surface area (TPSA) is 70.8 Å². The van der Waals surface area contributed by atoms with Gasteiger partial charge < -0.3 is 19.9 Å². The van der Waals surface area contributed by atoms with Gasteiger partial charge in [-0.1, -0.05) is 0 Å². The van der Waals surface area contributed by atoms with Gasteiger partial charge in [0.05, 0.1) is 12.2 Å². The Bertz CT molecular complexity index is 451. The largest absolute Gasteiger partial charge is 0.460 e. The molecule has 0 saturated carbocycles. The number of carbonyl (C=O) groups excluding carboxylic acids is 1. The number of carbonyl (C=O) groups is 1. The molecule has 0 heterocycles. The maximum Gasteiger partial charge on any atom is 0.341 e. The van der Waals surface area contributed by atoms with Crippen molar-refractivity contribution in [3.8, 4) is 0 Å². The van der Waals surface area contributed by atoms with E-state index in [4.69, 9.17) is 19.9 Å². The summed E-state index contributed by atoms with van der Waals surface area (Å²) in [6.45, 7) is 3.02. The first kappa shape index (κ1) is 16.4. The fraction of sp³-hybridized carbons (Fsp3) is 0.500. The number of methoxy groups -OCH3 is 1.